The van der Waals surface area contributed by atoms with Gasteiger partial charge in [-0.2, -0.15) is 5.10 Å². The van der Waals surface area contributed by atoms with E-state index in [1.165, 1.54) is 25.7 Å². The molecular formula is C15H23N5O. The Balaban J connectivity index is 1.43. The van der Waals surface area contributed by atoms with Crippen LogP contribution in [-0.4, -0.2) is 57.8 Å². The third-order valence-electron chi connectivity index (χ3n) is 5.01. The quantitative estimate of drug-likeness (QED) is 0.910. The molecule has 2 aliphatic heterocycles. The number of aromatic nitrogens is 2. The predicted octanol–water partition coefficient (Wildman–Crippen LogP) is 1.21. The van der Waals surface area contributed by atoms with Crippen molar-refractivity contribution in [2.75, 3.05) is 26.2 Å². The Morgan fingerprint density at radius 3 is 2.95 bits per heavy atom. The van der Waals surface area contributed by atoms with E-state index in [9.17, 15) is 4.79 Å². The highest BCUT2D eigenvalue weighted by atomic mass is 16.2. The largest absolute Gasteiger partial charge is 0.320 e. The first kappa shape index (κ1) is 13.1. The molecule has 3 aliphatic rings. The molecule has 0 spiro atoms. The number of urea groups is 1. The second-order valence-corrected chi connectivity index (χ2v) is 6.44. The summed E-state index contributed by atoms with van der Waals surface area (Å²) >= 11 is 0. The number of nitrogens with zero attached hydrogens (tertiary/aromatic N) is 4. The summed E-state index contributed by atoms with van der Waals surface area (Å²) in [5.41, 5.74) is 1.02. The maximum absolute atomic E-state index is 12.4. The highest BCUT2D eigenvalue weighted by molar-refractivity contribution is 5.77. The Hall–Kier alpha value is -1.56. The average molecular weight is 289 g/mol. The molecule has 1 saturated carbocycles. The molecule has 6 nitrogen and oxygen atoms in total. The summed E-state index contributed by atoms with van der Waals surface area (Å²) in [6.45, 7) is 4.12. The number of rotatable bonds is 3. The fourth-order valence-corrected chi connectivity index (χ4v) is 3.85. The molecule has 4 rings (SSSR count). The van der Waals surface area contributed by atoms with Crippen molar-refractivity contribution in [3.05, 3.63) is 18.0 Å². The summed E-state index contributed by atoms with van der Waals surface area (Å²) in [5.74, 6) is 0. The predicted molar refractivity (Wildman–Crippen MR) is 78.9 cm³/mol. The van der Waals surface area contributed by atoms with Crippen LogP contribution in [0, 0.1) is 0 Å². The highest BCUT2D eigenvalue weighted by Gasteiger charge is 2.38. The van der Waals surface area contributed by atoms with Crippen LogP contribution in [0.2, 0.25) is 0 Å². The van der Waals surface area contributed by atoms with Gasteiger partial charge >= 0.3 is 6.03 Å². The van der Waals surface area contributed by atoms with Gasteiger partial charge in [-0.15, -0.1) is 0 Å². The van der Waals surface area contributed by atoms with E-state index < -0.39 is 0 Å². The lowest BCUT2D eigenvalue weighted by molar-refractivity contribution is 0.178. The standard InChI is InChI=1S/C15H23N5O/c21-15-18(11-14-9-16-6-8-19(14)15)10-12-5-7-20(17-12)13-3-1-2-4-13/h5,7,13-14,16H,1-4,6,8-11H2. The number of hydrogen-bond acceptors (Lipinski definition) is 3. The molecular weight excluding hydrogens is 266 g/mol. The smallest absolute Gasteiger partial charge is 0.317 e. The van der Waals surface area contributed by atoms with E-state index in [2.05, 4.69) is 22.3 Å². The summed E-state index contributed by atoms with van der Waals surface area (Å²) in [6.07, 6.45) is 7.19. The molecule has 1 unspecified atom stereocenters. The first-order chi connectivity index (χ1) is 10.3. The Bertz CT molecular complexity index is 522. The van der Waals surface area contributed by atoms with E-state index in [0.717, 1.165) is 31.9 Å². The number of carbonyl (C=O) groups is 1. The second kappa shape index (κ2) is 5.33. The van der Waals surface area contributed by atoms with Gasteiger partial charge in [0.25, 0.3) is 0 Å². The lowest BCUT2D eigenvalue weighted by atomic mass is 10.2. The van der Waals surface area contributed by atoms with E-state index in [1.807, 2.05) is 9.80 Å². The molecule has 0 radical (unpaired) electrons. The fourth-order valence-electron chi connectivity index (χ4n) is 3.85. The van der Waals surface area contributed by atoms with Gasteiger partial charge in [0.2, 0.25) is 0 Å². The minimum atomic E-state index is 0.178. The number of nitrogens with one attached hydrogen (secondary N) is 1. The molecule has 1 aromatic rings. The maximum Gasteiger partial charge on any atom is 0.320 e. The number of piperazine rings is 1. The molecule has 114 valence electrons. The van der Waals surface area contributed by atoms with Gasteiger partial charge < -0.3 is 15.1 Å². The van der Waals surface area contributed by atoms with Gasteiger partial charge in [-0.05, 0) is 18.9 Å². The maximum atomic E-state index is 12.4. The van der Waals surface area contributed by atoms with E-state index in [1.54, 1.807) is 0 Å². The monoisotopic (exact) mass is 289 g/mol. The van der Waals surface area contributed by atoms with Crippen molar-refractivity contribution in [2.24, 2.45) is 0 Å². The average Bonchev–Trinajstić information content (AvgIpc) is 3.21. The van der Waals surface area contributed by atoms with E-state index in [4.69, 9.17) is 5.10 Å². The van der Waals surface area contributed by atoms with Crippen molar-refractivity contribution < 1.29 is 4.79 Å². The summed E-state index contributed by atoms with van der Waals surface area (Å²) < 4.78 is 2.11. The van der Waals surface area contributed by atoms with Gasteiger partial charge in [0.15, 0.2) is 0 Å². The molecule has 6 heteroatoms. The zero-order valence-corrected chi connectivity index (χ0v) is 12.4. The summed E-state index contributed by atoms with van der Waals surface area (Å²) in [4.78, 5) is 16.3. The van der Waals surface area contributed by atoms with Crippen LogP contribution < -0.4 is 5.32 Å². The number of carbonyl (C=O) groups excluding carboxylic acids is 1. The van der Waals surface area contributed by atoms with Crippen LogP contribution in [0.25, 0.3) is 0 Å². The van der Waals surface area contributed by atoms with Gasteiger partial charge in [-0.25, -0.2) is 4.79 Å². The molecule has 3 fully saturated rings. The minimum absolute atomic E-state index is 0.178. The lowest BCUT2D eigenvalue weighted by Crippen LogP contribution is -2.49. The van der Waals surface area contributed by atoms with Crippen LogP contribution in [0.15, 0.2) is 12.3 Å². The molecule has 3 heterocycles. The van der Waals surface area contributed by atoms with Crippen molar-refractivity contribution in [2.45, 2.75) is 44.3 Å². The molecule has 2 amide bonds. The van der Waals surface area contributed by atoms with Gasteiger partial charge in [-0.3, -0.25) is 4.68 Å². The van der Waals surface area contributed by atoms with Crippen LogP contribution in [0.3, 0.4) is 0 Å². The topological polar surface area (TPSA) is 53.4 Å². The summed E-state index contributed by atoms with van der Waals surface area (Å²) in [7, 11) is 0. The highest BCUT2D eigenvalue weighted by Crippen LogP contribution is 2.29. The molecule has 1 aromatic heterocycles. The first-order valence-electron chi connectivity index (χ1n) is 8.11. The van der Waals surface area contributed by atoms with E-state index in [0.29, 0.717) is 18.6 Å². The SMILES string of the molecule is O=C1N(Cc2ccn(C3CCCC3)n2)CC2CNCCN12. The normalized spacial score (nSPS) is 26.7. The van der Waals surface area contributed by atoms with Crippen LogP contribution in [0.5, 0.6) is 0 Å². The van der Waals surface area contributed by atoms with Gasteiger partial charge in [0, 0.05) is 32.4 Å². The molecule has 1 N–H and O–H groups in total. The number of fused-ring (bicyclic) bond motifs is 1. The molecule has 1 atom stereocenters. The zero-order chi connectivity index (χ0) is 14.2. The van der Waals surface area contributed by atoms with E-state index >= 15 is 0 Å². The summed E-state index contributed by atoms with van der Waals surface area (Å²) in [5, 5.41) is 8.06. The van der Waals surface area contributed by atoms with Crippen LogP contribution in [0.4, 0.5) is 4.79 Å². The molecule has 2 saturated heterocycles. The Labute approximate surface area is 125 Å². The summed E-state index contributed by atoms with van der Waals surface area (Å²) in [6, 6.07) is 3.16. The van der Waals surface area contributed by atoms with Crippen LogP contribution in [0.1, 0.15) is 37.4 Å². The fraction of sp³-hybridized carbons (Fsp3) is 0.733. The Kier molecular flexibility index (Phi) is 3.33. The van der Waals surface area contributed by atoms with Crippen molar-refractivity contribution in [1.29, 1.82) is 0 Å². The van der Waals surface area contributed by atoms with Crippen molar-refractivity contribution in [1.82, 2.24) is 24.9 Å². The molecule has 0 aromatic carbocycles. The zero-order valence-electron chi connectivity index (χ0n) is 12.4. The van der Waals surface area contributed by atoms with Gasteiger partial charge in [0.1, 0.15) is 0 Å². The van der Waals surface area contributed by atoms with E-state index in [-0.39, 0.29) is 6.03 Å². The third kappa shape index (κ3) is 2.41. The second-order valence-electron chi connectivity index (χ2n) is 6.44. The van der Waals surface area contributed by atoms with Crippen LogP contribution >= 0.6 is 0 Å². The van der Waals surface area contributed by atoms with Crippen molar-refractivity contribution in [3.8, 4) is 0 Å². The Morgan fingerprint density at radius 1 is 1.29 bits per heavy atom. The number of amides is 2. The molecule has 1 aliphatic carbocycles. The number of hydrogen-bond donors (Lipinski definition) is 1. The molecule has 21 heavy (non-hydrogen) atoms. The molecule has 0 bridgehead atoms. The van der Waals surface area contributed by atoms with Crippen molar-refractivity contribution in [3.63, 3.8) is 0 Å². The Morgan fingerprint density at radius 2 is 2.14 bits per heavy atom. The van der Waals surface area contributed by atoms with Gasteiger partial charge in [-0.1, -0.05) is 12.8 Å². The van der Waals surface area contributed by atoms with Crippen molar-refractivity contribution >= 4 is 6.03 Å². The van der Waals surface area contributed by atoms with Gasteiger partial charge in [0.05, 0.1) is 24.3 Å². The van der Waals surface area contributed by atoms with Crippen LogP contribution in [-0.2, 0) is 6.54 Å². The minimum Gasteiger partial charge on any atom is -0.317 e. The third-order valence-corrected chi connectivity index (χ3v) is 5.01. The lowest BCUT2D eigenvalue weighted by Gasteiger charge is -2.28. The first-order valence-corrected chi connectivity index (χ1v) is 8.11.